The highest BCUT2D eigenvalue weighted by atomic mass is 32.2. The Kier molecular flexibility index (Phi) is 2.99. The Morgan fingerprint density at radius 1 is 1.29 bits per heavy atom. The second-order valence-corrected chi connectivity index (χ2v) is 3.86. The summed E-state index contributed by atoms with van der Waals surface area (Å²) in [4.78, 5) is 14.5. The van der Waals surface area contributed by atoms with Crippen molar-refractivity contribution in [2.45, 2.75) is 4.90 Å². The molecule has 0 aliphatic heterocycles. The van der Waals surface area contributed by atoms with Crippen LogP contribution in [0, 0.1) is 10.1 Å². The standard InChI is InChI=1S/C6H6N2O5S/c9-8(10)13-7-14(11,12)6-4-2-1-3-5-6/h1-5,7H. The summed E-state index contributed by atoms with van der Waals surface area (Å²) in [6.07, 6.45) is 0. The summed E-state index contributed by atoms with van der Waals surface area (Å²) in [7, 11) is -3.97. The summed E-state index contributed by atoms with van der Waals surface area (Å²) in [5, 5.41) is 8.48. The van der Waals surface area contributed by atoms with E-state index in [0.29, 0.717) is 0 Å². The molecule has 0 unspecified atom stereocenters. The molecule has 0 saturated heterocycles. The van der Waals surface area contributed by atoms with Gasteiger partial charge in [0.05, 0.1) is 4.90 Å². The molecule has 0 atom stereocenters. The molecule has 1 aromatic carbocycles. The van der Waals surface area contributed by atoms with Gasteiger partial charge in [0.1, 0.15) is 0 Å². The molecule has 1 rings (SSSR count). The normalized spacial score (nSPS) is 10.9. The predicted molar refractivity (Wildman–Crippen MR) is 44.8 cm³/mol. The lowest BCUT2D eigenvalue weighted by Crippen LogP contribution is -2.26. The molecule has 0 spiro atoms. The maximum Gasteiger partial charge on any atom is 0.312 e. The van der Waals surface area contributed by atoms with Gasteiger partial charge in [-0.15, -0.1) is 10.1 Å². The fraction of sp³-hybridized carbons (Fsp3) is 0. The highest BCUT2D eigenvalue weighted by molar-refractivity contribution is 7.89. The van der Waals surface area contributed by atoms with Crippen LogP contribution in [0.25, 0.3) is 0 Å². The highest BCUT2D eigenvalue weighted by Crippen LogP contribution is 2.06. The van der Waals surface area contributed by atoms with Gasteiger partial charge in [-0.05, 0) is 17.0 Å². The lowest BCUT2D eigenvalue weighted by Gasteiger charge is -2.02. The third-order valence-corrected chi connectivity index (χ3v) is 2.46. The first kappa shape index (κ1) is 10.4. The molecule has 0 saturated carbocycles. The number of nitrogens with one attached hydrogen (secondary N) is 1. The largest absolute Gasteiger partial charge is 0.312 e. The zero-order chi connectivity index (χ0) is 10.6. The van der Waals surface area contributed by atoms with Crippen LogP contribution in [-0.2, 0) is 15.0 Å². The second kappa shape index (κ2) is 4.03. The third kappa shape index (κ3) is 2.68. The zero-order valence-electron chi connectivity index (χ0n) is 6.78. The summed E-state index contributed by atoms with van der Waals surface area (Å²) in [5.74, 6) is 0. The van der Waals surface area contributed by atoms with E-state index in [9.17, 15) is 18.5 Å². The molecule has 0 aromatic heterocycles. The minimum atomic E-state index is -3.97. The molecule has 0 bridgehead atoms. The Bertz CT molecular complexity index is 415. The number of hydrogen-bond acceptors (Lipinski definition) is 5. The average Bonchev–Trinajstić information content (AvgIpc) is 2.16. The fourth-order valence-corrected chi connectivity index (χ4v) is 1.50. The summed E-state index contributed by atoms with van der Waals surface area (Å²) < 4.78 is 22.4. The van der Waals surface area contributed by atoms with E-state index < -0.39 is 15.1 Å². The van der Waals surface area contributed by atoms with E-state index in [1.807, 2.05) is 0 Å². The molecule has 76 valence electrons. The van der Waals surface area contributed by atoms with Gasteiger partial charge >= 0.3 is 5.09 Å². The molecule has 14 heavy (non-hydrogen) atoms. The summed E-state index contributed by atoms with van der Waals surface area (Å²) in [6.45, 7) is 0. The van der Waals surface area contributed by atoms with Crippen molar-refractivity contribution < 1.29 is 18.4 Å². The lowest BCUT2D eigenvalue weighted by molar-refractivity contribution is -0.769. The van der Waals surface area contributed by atoms with E-state index in [1.165, 1.54) is 29.2 Å². The van der Waals surface area contributed by atoms with Crippen molar-refractivity contribution >= 4 is 10.0 Å². The molecular formula is C6H6N2O5S. The number of hydrogen-bond donors (Lipinski definition) is 1. The van der Waals surface area contributed by atoms with Crippen LogP contribution in [0.2, 0.25) is 0 Å². The Morgan fingerprint density at radius 3 is 2.36 bits per heavy atom. The van der Waals surface area contributed by atoms with Gasteiger partial charge < -0.3 is 0 Å². The van der Waals surface area contributed by atoms with E-state index in [2.05, 4.69) is 4.94 Å². The zero-order valence-corrected chi connectivity index (χ0v) is 7.60. The fourth-order valence-electron chi connectivity index (χ4n) is 0.727. The maximum absolute atomic E-state index is 11.2. The van der Waals surface area contributed by atoms with Crippen LogP contribution in [0.5, 0.6) is 0 Å². The summed E-state index contributed by atoms with van der Waals surface area (Å²) in [6, 6.07) is 7.16. The second-order valence-electron chi connectivity index (χ2n) is 2.21. The topological polar surface area (TPSA) is 98.5 Å². The van der Waals surface area contributed by atoms with Crippen LogP contribution in [-0.4, -0.2) is 13.5 Å². The number of benzene rings is 1. The molecule has 0 heterocycles. The van der Waals surface area contributed by atoms with Crippen LogP contribution in [0.15, 0.2) is 35.2 Å². The molecular weight excluding hydrogens is 212 g/mol. The van der Waals surface area contributed by atoms with Crippen molar-refractivity contribution in [3.63, 3.8) is 0 Å². The summed E-state index contributed by atoms with van der Waals surface area (Å²) in [5.41, 5.74) is 0. The number of rotatable bonds is 4. The molecule has 0 amide bonds. The van der Waals surface area contributed by atoms with Crippen molar-refractivity contribution in [1.82, 2.24) is 4.89 Å². The average molecular weight is 218 g/mol. The molecule has 1 N–H and O–H groups in total. The Morgan fingerprint density at radius 2 is 1.86 bits per heavy atom. The monoisotopic (exact) mass is 218 g/mol. The molecule has 1 aromatic rings. The van der Waals surface area contributed by atoms with Crippen molar-refractivity contribution in [3.05, 3.63) is 40.4 Å². The number of sulfonamides is 1. The van der Waals surface area contributed by atoms with Gasteiger partial charge in [-0.3, -0.25) is 0 Å². The van der Waals surface area contributed by atoms with Crippen LogP contribution in [0.3, 0.4) is 0 Å². The van der Waals surface area contributed by atoms with E-state index >= 15 is 0 Å². The molecule has 7 nitrogen and oxygen atoms in total. The number of nitrogens with zero attached hydrogens (tertiary/aromatic N) is 1. The van der Waals surface area contributed by atoms with Crippen LogP contribution in [0.4, 0.5) is 0 Å². The lowest BCUT2D eigenvalue weighted by atomic mass is 10.4. The molecule has 8 heteroatoms. The van der Waals surface area contributed by atoms with E-state index in [0.717, 1.165) is 0 Å². The van der Waals surface area contributed by atoms with Crippen LogP contribution < -0.4 is 4.89 Å². The first-order valence-corrected chi connectivity index (χ1v) is 4.89. The van der Waals surface area contributed by atoms with E-state index in [4.69, 9.17) is 0 Å². The van der Waals surface area contributed by atoms with E-state index in [-0.39, 0.29) is 4.90 Å². The Labute approximate surface area is 79.4 Å². The van der Waals surface area contributed by atoms with Crippen LogP contribution >= 0.6 is 0 Å². The predicted octanol–water partition coefficient (Wildman–Crippen LogP) is 0.0882. The molecule has 0 aliphatic carbocycles. The SMILES string of the molecule is O=[N+]([O-])ONS(=O)(=O)c1ccccc1. The van der Waals surface area contributed by atoms with Crippen molar-refractivity contribution in [3.8, 4) is 0 Å². The minimum Gasteiger partial charge on any atom is -0.205 e. The van der Waals surface area contributed by atoms with Gasteiger partial charge in [0.2, 0.25) is 0 Å². The quantitative estimate of drug-likeness (QED) is 0.570. The first-order chi connectivity index (χ1) is 6.52. The van der Waals surface area contributed by atoms with Gasteiger partial charge in [-0.1, -0.05) is 18.2 Å². The molecule has 0 radical (unpaired) electrons. The van der Waals surface area contributed by atoms with Crippen molar-refractivity contribution in [1.29, 1.82) is 0 Å². The van der Waals surface area contributed by atoms with Crippen molar-refractivity contribution in [2.75, 3.05) is 0 Å². The summed E-state index contributed by atoms with van der Waals surface area (Å²) >= 11 is 0. The first-order valence-electron chi connectivity index (χ1n) is 3.40. The van der Waals surface area contributed by atoms with Gasteiger partial charge in [-0.2, -0.15) is 0 Å². The highest BCUT2D eigenvalue weighted by Gasteiger charge is 2.14. The smallest absolute Gasteiger partial charge is 0.205 e. The van der Waals surface area contributed by atoms with Crippen molar-refractivity contribution in [2.24, 2.45) is 0 Å². The van der Waals surface area contributed by atoms with Crippen LogP contribution in [0.1, 0.15) is 0 Å². The molecule has 0 aliphatic rings. The molecule has 0 fully saturated rings. The Balaban J connectivity index is 2.82. The minimum absolute atomic E-state index is 0.109. The Hall–Kier alpha value is -1.67. The van der Waals surface area contributed by atoms with Gasteiger partial charge in [0, 0.05) is 0 Å². The van der Waals surface area contributed by atoms with Gasteiger partial charge in [-0.25, -0.2) is 13.4 Å². The van der Waals surface area contributed by atoms with E-state index in [1.54, 1.807) is 6.07 Å². The van der Waals surface area contributed by atoms with Gasteiger partial charge in [0.25, 0.3) is 10.0 Å². The van der Waals surface area contributed by atoms with Gasteiger partial charge in [0.15, 0.2) is 0 Å². The third-order valence-electron chi connectivity index (χ3n) is 1.28. The maximum atomic E-state index is 11.2.